The Hall–Kier alpha value is -0.540. The van der Waals surface area contributed by atoms with Crippen LogP contribution in [0.3, 0.4) is 0 Å². The van der Waals surface area contributed by atoms with Crippen molar-refractivity contribution in [3.05, 3.63) is 56.2 Å². The van der Waals surface area contributed by atoms with E-state index in [1.165, 1.54) is 11.3 Å². The van der Waals surface area contributed by atoms with Crippen LogP contribution in [-0.4, -0.2) is 0 Å². The van der Waals surface area contributed by atoms with E-state index in [4.69, 9.17) is 28.9 Å². The van der Waals surface area contributed by atoms with Crippen LogP contribution in [0, 0.1) is 0 Å². The maximum atomic E-state index is 6.33. The van der Waals surface area contributed by atoms with Crippen LogP contribution in [-0.2, 0) is 5.54 Å². The van der Waals surface area contributed by atoms with Gasteiger partial charge in [0.05, 0.1) is 9.88 Å². The summed E-state index contributed by atoms with van der Waals surface area (Å²) in [5.41, 5.74) is 6.83. The Bertz CT molecular complexity index is 488. The standard InChI is InChI=1S/C12H11Cl2NS/c1-12(15,10-6-7-11(14)16-10)8-2-4-9(13)5-3-8/h2-7H,15H2,1H3. The van der Waals surface area contributed by atoms with Crippen molar-refractivity contribution in [2.24, 2.45) is 5.73 Å². The van der Waals surface area contributed by atoms with Gasteiger partial charge in [0.15, 0.2) is 0 Å². The Morgan fingerprint density at radius 2 is 1.69 bits per heavy atom. The summed E-state index contributed by atoms with van der Waals surface area (Å²) in [6.45, 7) is 1.97. The number of hydrogen-bond acceptors (Lipinski definition) is 2. The van der Waals surface area contributed by atoms with Gasteiger partial charge in [0.25, 0.3) is 0 Å². The molecule has 0 bridgehead atoms. The third-order valence-electron chi connectivity index (χ3n) is 2.53. The molecule has 0 spiro atoms. The van der Waals surface area contributed by atoms with Crippen molar-refractivity contribution in [1.29, 1.82) is 0 Å². The molecule has 0 aliphatic rings. The molecule has 84 valence electrons. The Labute approximate surface area is 109 Å². The molecule has 0 amide bonds. The molecule has 16 heavy (non-hydrogen) atoms. The summed E-state index contributed by atoms with van der Waals surface area (Å²) in [5, 5.41) is 0.712. The Kier molecular flexibility index (Phi) is 3.27. The van der Waals surface area contributed by atoms with Gasteiger partial charge < -0.3 is 5.73 Å². The largest absolute Gasteiger partial charge is 0.317 e. The molecule has 0 saturated carbocycles. The van der Waals surface area contributed by atoms with Crippen LogP contribution < -0.4 is 5.73 Å². The van der Waals surface area contributed by atoms with Gasteiger partial charge in [-0.25, -0.2) is 0 Å². The first-order valence-corrected chi connectivity index (χ1v) is 6.38. The quantitative estimate of drug-likeness (QED) is 0.867. The summed E-state index contributed by atoms with van der Waals surface area (Å²) in [5.74, 6) is 0. The lowest BCUT2D eigenvalue weighted by molar-refractivity contribution is 0.617. The molecule has 0 radical (unpaired) electrons. The van der Waals surface area contributed by atoms with Crippen molar-refractivity contribution in [2.45, 2.75) is 12.5 Å². The van der Waals surface area contributed by atoms with E-state index in [0.29, 0.717) is 5.02 Å². The van der Waals surface area contributed by atoms with E-state index in [1.54, 1.807) is 0 Å². The molecule has 1 unspecified atom stereocenters. The zero-order valence-electron chi connectivity index (χ0n) is 8.71. The van der Waals surface area contributed by atoms with Crippen LogP contribution >= 0.6 is 34.5 Å². The van der Waals surface area contributed by atoms with E-state index < -0.39 is 5.54 Å². The molecule has 1 nitrogen and oxygen atoms in total. The monoisotopic (exact) mass is 271 g/mol. The Morgan fingerprint density at radius 1 is 1.06 bits per heavy atom. The molecule has 1 aromatic carbocycles. The Balaban J connectivity index is 2.42. The summed E-state index contributed by atoms with van der Waals surface area (Å²) in [6.07, 6.45) is 0. The van der Waals surface area contributed by atoms with Crippen molar-refractivity contribution >= 4 is 34.5 Å². The predicted octanol–water partition coefficient (Wildman–Crippen LogP) is 4.28. The van der Waals surface area contributed by atoms with E-state index in [0.717, 1.165) is 14.8 Å². The first-order valence-electron chi connectivity index (χ1n) is 4.81. The minimum atomic E-state index is -0.525. The zero-order valence-corrected chi connectivity index (χ0v) is 11.0. The maximum absolute atomic E-state index is 6.33. The van der Waals surface area contributed by atoms with Crippen LogP contribution in [0.4, 0.5) is 0 Å². The van der Waals surface area contributed by atoms with Gasteiger partial charge in [0, 0.05) is 9.90 Å². The number of hydrogen-bond donors (Lipinski definition) is 1. The highest BCUT2D eigenvalue weighted by atomic mass is 35.5. The predicted molar refractivity (Wildman–Crippen MR) is 71.4 cm³/mol. The topological polar surface area (TPSA) is 26.0 Å². The average molecular weight is 272 g/mol. The van der Waals surface area contributed by atoms with Gasteiger partial charge in [-0.2, -0.15) is 0 Å². The minimum absolute atomic E-state index is 0.525. The molecule has 0 saturated heterocycles. The van der Waals surface area contributed by atoms with Gasteiger partial charge in [0.2, 0.25) is 0 Å². The lowest BCUT2D eigenvalue weighted by Crippen LogP contribution is -2.33. The van der Waals surface area contributed by atoms with Crippen molar-refractivity contribution in [3.63, 3.8) is 0 Å². The van der Waals surface area contributed by atoms with Crippen molar-refractivity contribution in [2.75, 3.05) is 0 Å². The number of nitrogens with two attached hydrogens (primary N) is 1. The van der Waals surface area contributed by atoms with E-state index in [-0.39, 0.29) is 0 Å². The van der Waals surface area contributed by atoms with Crippen LogP contribution in [0.2, 0.25) is 9.36 Å². The molecule has 1 heterocycles. The molecule has 1 aromatic heterocycles. The fourth-order valence-corrected chi connectivity index (χ4v) is 2.78. The van der Waals surface area contributed by atoms with Gasteiger partial charge >= 0.3 is 0 Å². The molecule has 2 aromatic rings. The number of rotatable bonds is 2. The molecule has 0 aliphatic heterocycles. The highest BCUT2D eigenvalue weighted by molar-refractivity contribution is 7.16. The molecule has 2 rings (SSSR count). The molecule has 2 N–H and O–H groups in total. The van der Waals surface area contributed by atoms with Gasteiger partial charge in [0.1, 0.15) is 0 Å². The summed E-state index contributed by atoms with van der Waals surface area (Å²) >= 11 is 13.3. The zero-order chi connectivity index (χ0) is 11.8. The smallest absolute Gasteiger partial charge is 0.0932 e. The lowest BCUT2D eigenvalue weighted by Gasteiger charge is -2.23. The molecule has 0 aliphatic carbocycles. The molecule has 0 fully saturated rings. The minimum Gasteiger partial charge on any atom is -0.317 e. The number of halogens is 2. The van der Waals surface area contributed by atoms with Gasteiger partial charge in [-0.3, -0.25) is 0 Å². The van der Waals surface area contributed by atoms with Crippen LogP contribution in [0.25, 0.3) is 0 Å². The highest BCUT2D eigenvalue weighted by Gasteiger charge is 2.25. The first kappa shape index (κ1) is 11.9. The van der Waals surface area contributed by atoms with Crippen LogP contribution in [0.15, 0.2) is 36.4 Å². The normalized spacial score (nSPS) is 14.8. The summed E-state index contributed by atoms with van der Waals surface area (Å²) in [4.78, 5) is 1.04. The van der Waals surface area contributed by atoms with Crippen molar-refractivity contribution < 1.29 is 0 Å². The van der Waals surface area contributed by atoms with E-state index in [1.807, 2.05) is 43.3 Å². The third-order valence-corrected chi connectivity index (χ3v) is 4.25. The van der Waals surface area contributed by atoms with Crippen LogP contribution in [0.1, 0.15) is 17.4 Å². The van der Waals surface area contributed by atoms with Crippen molar-refractivity contribution in [1.82, 2.24) is 0 Å². The summed E-state index contributed by atoms with van der Waals surface area (Å²) < 4.78 is 0.751. The third kappa shape index (κ3) is 2.25. The molecular formula is C12H11Cl2NS. The summed E-state index contributed by atoms with van der Waals surface area (Å²) in [6, 6.07) is 11.4. The SMILES string of the molecule is CC(N)(c1ccc(Cl)cc1)c1ccc(Cl)s1. The van der Waals surface area contributed by atoms with Gasteiger partial charge in [-0.05, 0) is 36.8 Å². The fraction of sp³-hybridized carbons (Fsp3) is 0.167. The molecular weight excluding hydrogens is 261 g/mol. The maximum Gasteiger partial charge on any atom is 0.0932 e. The van der Waals surface area contributed by atoms with E-state index in [9.17, 15) is 0 Å². The van der Waals surface area contributed by atoms with E-state index in [2.05, 4.69) is 0 Å². The van der Waals surface area contributed by atoms with E-state index >= 15 is 0 Å². The second kappa shape index (κ2) is 4.38. The first-order chi connectivity index (χ1) is 7.50. The fourth-order valence-electron chi connectivity index (χ4n) is 1.53. The molecule has 4 heteroatoms. The number of thiophene rings is 1. The second-order valence-electron chi connectivity index (χ2n) is 3.81. The summed E-state index contributed by atoms with van der Waals surface area (Å²) in [7, 11) is 0. The van der Waals surface area contributed by atoms with Gasteiger partial charge in [-0.1, -0.05) is 35.3 Å². The van der Waals surface area contributed by atoms with Crippen molar-refractivity contribution in [3.8, 4) is 0 Å². The average Bonchev–Trinajstić information content (AvgIpc) is 2.66. The lowest BCUT2D eigenvalue weighted by atomic mass is 9.92. The number of benzene rings is 1. The second-order valence-corrected chi connectivity index (χ2v) is 5.96. The molecule has 1 atom stereocenters. The van der Waals surface area contributed by atoms with Gasteiger partial charge in [-0.15, -0.1) is 11.3 Å². The highest BCUT2D eigenvalue weighted by Crippen LogP contribution is 2.34. The Morgan fingerprint density at radius 3 is 2.19 bits per heavy atom. The van der Waals surface area contributed by atoms with Crippen LogP contribution in [0.5, 0.6) is 0 Å².